The molecular formula is C19H22ClNOS. The molecule has 0 spiro atoms. The largest absolute Gasteiger partial charge is 0.349 e. The Hall–Kier alpha value is -1.45. The van der Waals surface area contributed by atoms with E-state index >= 15 is 0 Å². The van der Waals surface area contributed by atoms with E-state index in [4.69, 9.17) is 11.6 Å². The first-order valence-electron chi connectivity index (χ1n) is 7.76. The Morgan fingerprint density at radius 2 is 1.96 bits per heavy atom. The topological polar surface area (TPSA) is 29.1 Å². The zero-order valence-electron chi connectivity index (χ0n) is 13.5. The highest BCUT2D eigenvalue weighted by Gasteiger charge is 2.12. The summed E-state index contributed by atoms with van der Waals surface area (Å²) in [6, 6.07) is 16.2. The molecule has 2 rings (SSSR count). The van der Waals surface area contributed by atoms with Crippen LogP contribution in [-0.2, 0) is 10.5 Å². The van der Waals surface area contributed by atoms with Crippen LogP contribution in [0.4, 0.5) is 0 Å². The normalized spacial score (nSPS) is 12.0. The van der Waals surface area contributed by atoms with Crippen molar-refractivity contribution in [1.82, 2.24) is 5.32 Å². The van der Waals surface area contributed by atoms with Gasteiger partial charge < -0.3 is 5.32 Å². The average Bonchev–Trinajstić information content (AvgIpc) is 2.54. The quantitative estimate of drug-likeness (QED) is 0.750. The van der Waals surface area contributed by atoms with E-state index in [1.165, 1.54) is 5.56 Å². The molecule has 0 aliphatic heterocycles. The van der Waals surface area contributed by atoms with E-state index in [0.29, 0.717) is 5.75 Å². The maximum atomic E-state index is 12.2. The van der Waals surface area contributed by atoms with Gasteiger partial charge in [-0.05, 0) is 36.6 Å². The predicted octanol–water partition coefficient (Wildman–Crippen LogP) is 5.15. The van der Waals surface area contributed by atoms with Gasteiger partial charge in [-0.25, -0.2) is 0 Å². The maximum absolute atomic E-state index is 12.2. The molecule has 0 bridgehead atoms. The summed E-state index contributed by atoms with van der Waals surface area (Å²) >= 11 is 7.57. The zero-order chi connectivity index (χ0) is 16.7. The Labute approximate surface area is 147 Å². The van der Waals surface area contributed by atoms with Gasteiger partial charge >= 0.3 is 0 Å². The summed E-state index contributed by atoms with van der Waals surface area (Å²) in [6.45, 7) is 4.15. The molecule has 2 aromatic carbocycles. The molecule has 0 radical (unpaired) electrons. The van der Waals surface area contributed by atoms with Crippen LogP contribution in [0.3, 0.4) is 0 Å². The van der Waals surface area contributed by atoms with E-state index in [0.717, 1.165) is 28.3 Å². The maximum Gasteiger partial charge on any atom is 0.230 e. The lowest BCUT2D eigenvalue weighted by atomic mass is 10.0. The van der Waals surface area contributed by atoms with E-state index in [1.807, 2.05) is 24.3 Å². The fourth-order valence-electron chi connectivity index (χ4n) is 2.34. The number of nitrogens with one attached hydrogen (secondary N) is 1. The van der Waals surface area contributed by atoms with Crippen LogP contribution in [0.1, 0.15) is 36.1 Å². The van der Waals surface area contributed by atoms with Crippen LogP contribution in [-0.4, -0.2) is 11.7 Å². The first-order chi connectivity index (χ1) is 11.1. The van der Waals surface area contributed by atoms with Gasteiger partial charge in [0.1, 0.15) is 0 Å². The van der Waals surface area contributed by atoms with E-state index in [1.54, 1.807) is 11.8 Å². The minimum absolute atomic E-state index is 0.0736. The fraction of sp³-hybridized carbons (Fsp3) is 0.316. The highest BCUT2D eigenvalue weighted by atomic mass is 35.5. The van der Waals surface area contributed by atoms with Crippen molar-refractivity contribution in [2.45, 2.75) is 32.1 Å². The summed E-state index contributed by atoms with van der Waals surface area (Å²) in [5.74, 6) is 1.31. The number of carbonyl (C=O) groups excluding carboxylic acids is 1. The number of hydrogen-bond acceptors (Lipinski definition) is 2. The lowest BCUT2D eigenvalue weighted by Crippen LogP contribution is -2.29. The standard InChI is InChI=1S/C19H22ClNOS/c1-3-18(16-9-7-14(2)8-10-16)21-19(22)13-23-12-15-5-4-6-17(20)11-15/h4-11,18H,3,12-13H2,1-2H3,(H,21,22). The Morgan fingerprint density at radius 1 is 1.22 bits per heavy atom. The van der Waals surface area contributed by atoms with Crippen molar-refractivity contribution in [3.63, 3.8) is 0 Å². The summed E-state index contributed by atoms with van der Waals surface area (Å²) in [7, 11) is 0. The molecule has 0 heterocycles. The molecular weight excluding hydrogens is 326 g/mol. The van der Waals surface area contributed by atoms with Crippen molar-refractivity contribution in [2.75, 3.05) is 5.75 Å². The Balaban J connectivity index is 1.82. The van der Waals surface area contributed by atoms with Crippen LogP contribution >= 0.6 is 23.4 Å². The molecule has 1 unspecified atom stereocenters. The second kappa shape index (κ2) is 8.99. The summed E-state index contributed by atoms with van der Waals surface area (Å²) in [5, 5.41) is 3.85. The number of hydrogen-bond donors (Lipinski definition) is 1. The number of carbonyl (C=O) groups is 1. The number of amides is 1. The van der Waals surface area contributed by atoms with Crippen LogP contribution in [0.25, 0.3) is 0 Å². The van der Waals surface area contributed by atoms with Gasteiger partial charge in [0.15, 0.2) is 0 Å². The van der Waals surface area contributed by atoms with E-state index in [-0.39, 0.29) is 11.9 Å². The van der Waals surface area contributed by atoms with Crippen LogP contribution < -0.4 is 5.32 Å². The third kappa shape index (κ3) is 5.92. The summed E-state index contributed by atoms with van der Waals surface area (Å²) < 4.78 is 0. The van der Waals surface area contributed by atoms with Gasteiger partial charge in [0.25, 0.3) is 0 Å². The summed E-state index contributed by atoms with van der Waals surface area (Å²) in [6.07, 6.45) is 0.883. The number of rotatable bonds is 7. The zero-order valence-corrected chi connectivity index (χ0v) is 15.1. The molecule has 122 valence electrons. The van der Waals surface area contributed by atoms with Crippen LogP contribution in [0.15, 0.2) is 48.5 Å². The predicted molar refractivity (Wildman–Crippen MR) is 100.0 cm³/mol. The number of thioether (sulfide) groups is 1. The van der Waals surface area contributed by atoms with Crippen molar-refractivity contribution in [3.05, 3.63) is 70.2 Å². The molecule has 4 heteroatoms. The molecule has 1 N–H and O–H groups in total. The molecule has 0 aliphatic rings. The molecule has 0 saturated heterocycles. The first-order valence-corrected chi connectivity index (χ1v) is 9.30. The monoisotopic (exact) mass is 347 g/mol. The molecule has 23 heavy (non-hydrogen) atoms. The van der Waals surface area contributed by atoms with Crippen molar-refractivity contribution in [2.24, 2.45) is 0 Å². The smallest absolute Gasteiger partial charge is 0.230 e. The first kappa shape index (κ1) is 17.9. The highest BCUT2D eigenvalue weighted by molar-refractivity contribution is 7.99. The third-order valence-corrected chi connectivity index (χ3v) is 4.85. The second-order valence-electron chi connectivity index (χ2n) is 5.56. The van der Waals surface area contributed by atoms with Crippen LogP contribution in [0.2, 0.25) is 5.02 Å². The van der Waals surface area contributed by atoms with Gasteiger partial charge in [0.2, 0.25) is 5.91 Å². The van der Waals surface area contributed by atoms with Gasteiger partial charge in [-0.2, -0.15) is 0 Å². The van der Waals surface area contributed by atoms with Crippen LogP contribution in [0, 0.1) is 6.92 Å². The highest BCUT2D eigenvalue weighted by Crippen LogP contribution is 2.19. The molecule has 0 aromatic heterocycles. The molecule has 2 aromatic rings. The fourth-order valence-corrected chi connectivity index (χ4v) is 3.34. The molecule has 0 aliphatic carbocycles. The number of aryl methyl sites for hydroxylation is 1. The summed E-state index contributed by atoms with van der Waals surface area (Å²) in [5.41, 5.74) is 3.53. The lowest BCUT2D eigenvalue weighted by Gasteiger charge is -2.17. The lowest BCUT2D eigenvalue weighted by molar-refractivity contribution is -0.119. The van der Waals surface area contributed by atoms with E-state index in [9.17, 15) is 4.79 Å². The van der Waals surface area contributed by atoms with Crippen LogP contribution in [0.5, 0.6) is 0 Å². The van der Waals surface area contributed by atoms with Crippen molar-refractivity contribution >= 4 is 29.3 Å². The van der Waals surface area contributed by atoms with Gasteiger partial charge in [-0.15, -0.1) is 11.8 Å². The molecule has 0 fully saturated rings. The van der Waals surface area contributed by atoms with Crippen molar-refractivity contribution in [3.8, 4) is 0 Å². The molecule has 0 saturated carbocycles. The second-order valence-corrected chi connectivity index (χ2v) is 6.98. The van der Waals surface area contributed by atoms with Gasteiger partial charge in [-0.1, -0.05) is 60.5 Å². The molecule has 1 amide bonds. The summed E-state index contributed by atoms with van der Waals surface area (Å²) in [4.78, 5) is 12.2. The third-order valence-electron chi connectivity index (χ3n) is 3.61. The Kier molecular flexibility index (Phi) is 7.00. The average molecular weight is 348 g/mol. The van der Waals surface area contributed by atoms with Gasteiger partial charge in [-0.3, -0.25) is 4.79 Å². The van der Waals surface area contributed by atoms with Gasteiger partial charge in [0, 0.05) is 10.8 Å². The number of halogens is 1. The van der Waals surface area contributed by atoms with Crippen molar-refractivity contribution < 1.29 is 4.79 Å². The molecule has 1 atom stereocenters. The van der Waals surface area contributed by atoms with E-state index in [2.05, 4.69) is 43.4 Å². The van der Waals surface area contributed by atoms with E-state index < -0.39 is 0 Å². The minimum Gasteiger partial charge on any atom is -0.349 e. The number of benzene rings is 2. The van der Waals surface area contributed by atoms with Crippen molar-refractivity contribution in [1.29, 1.82) is 0 Å². The Morgan fingerprint density at radius 3 is 2.61 bits per heavy atom. The Bertz CT molecular complexity index is 642. The minimum atomic E-state index is 0.0736. The van der Waals surface area contributed by atoms with Gasteiger partial charge in [0.05, 0.1) is 11.8 Å². The molecule has 2 nitrogen and oxygen atoms in total. The SMILES string of the molecule is CCC(NC(=O)CSCc1cccc(Cl)c1)c1ccc(C)cc1.